The van der Waals surface area contributed by atoms with E-state index < -0.39 is 5.41 Å². The molecule has 1 saturated carbocycles. The van der Waals surface area contributed by atoms with Crippen molar-refractivity contribution < 1.29 is 38.4 Å². The maximum absolute atomic E-state index is 11.8. The first-order valence-corrected chi connectivity index (χ1v) is 14.4. The minimum Gasteiger partial charge on any atom is -0.508 e. The number of aromatic hydroxyl groups is 1. The van der Waals surface area contributed by atoms with E-state index in [-0.39, 0.29) is 34.5 Å². The Balaban J connectivity index is 0.000000313. The Hall–Kier alpha value is -2.61. The minimum atomic E-state index is -0.474. The molecule has 0 bridgehead atoms. The number of rotatable bonds is 9. The van der Waals surface area contributed by atoms with Crippen molar-refractivity contribution >= 4 is 17.9 Å². The van der Waals surface area contributed by atoms with Crippen molar-refractivity contribution in [2.24, 2.45) is 22.2 Å². The summed E-state index contributed by atoms with van der Waals surface area (Å²) in [6, 6.07) is 6.11. The van der Waals surface area contributed by atoms with E-state index in [1.807, 2.05) is 62.3 Å². The second-order valence-electron chi connectivity index (χ2n) is 12.6. The summed E-state index contributed by atoms with van der Waals surface area (Å²) in [5.41, 5.74) is -1.13. The number of methoxy groups -OCH3 is 1. The molecular weight excluding hydrogens is 512 g/mol. The standard InChI is InChI=1S/C13H22O3.C12H16O3.C7H14O2/c1-4-13(2,3)12(14)15-8-9-5-6-10-11(7-9)16-10;1-4-12(2,3)11(14)15-10-7-5-9(13)6-8-10;1-5-7(2,3)6(8)9-4/h9-11H,4-8H2,1-3H3;5-8,13H,4H2,1-3H3;5H2,1-4H3. The van der Waals surface area contributed by atoms with Crippen molar-refractivity contribution in [3.8, 4) is 11.5 Å². The number of fused-ring (bicyclic) bond motifs is 1. The summed E-state index contributed by atoms with van der Waals surface area (Å²) in [5, 5.41) is 9.06. The maximum atomic E-state index is 11.8. The predicted octanol–water partition coefficient (Wildman–Crippen LogP) is 6.86. The number of carbonyl (C=O) groups excluding carboxylic acids is 3. The molecule has 2 fully saturated rings. The molecule has 1 aliphatic heterocycles. The van der Waals surface area contributed by atoms with Crippen LogP contribution in [0.25, 0.3) is 0 Å². The number of hydrogen-bond acceptors (Lipinski definition) is 8. The molecule has 2 aliphatic rings. The number of phenols is 1. The molecule has 8 nitrogen and oxygen atoms in total. The van der Waals surface area contributed by atoms with Gasteiger partial charge in [-0.05, 0) is 110 Å². The first kappa shape index (κ1) is 35.4. The Morgan fingerprint density at radius 1 is 0.800 bits per heavy atom. The van der Waals surface area contributed by atoms with Crippen LogP contribution < -0.4 is 4.74 Å². The van der Waals surface area contributed by atoms with E-state index in [0.717, 1.165) is 38.5 Å². The van der Waals surface area contributed by atoms with Gasteiger partial charge < -0.3 is 24.1 Å². The fourth-order valence-corrected chi connectivity index (χ4v) is 3.50. The molecule has 3 atom stereocenters. The Kier molecular flexibility index (Phi) is 13.6. The average molecular weight is 565 g/mol. The van der Waals surface area contributed by atoms with Gasteiger partial charge in [-0.25, -0.2) is 0 Å². The van der Waals surface area contributed by atoms with Crippen LogP contribution in [0.1, 0.15) is 101 Å². The van der Waals surface area contributed by atoms with Gasteiger partial charge in [-0.2, -0.15) is 0 Å². The lowest BCUT2D eigenvalue weighted by Crippen LogP contribution is -2.29. The van der Waals surface area contributed by atoms with E-state index in [0.29, 0.717) is 30.5 Å². The van der Waals surface area contributed by atoms with Gasteiger partial charge in [0.05, 0.1) is 42.2 Å². The number of benzene rings is 1. The number of phenolic OH excluding ortho intramolecular Hbond substituents is 1. The molecule has 1 saturated heterocycles. The molecular formula is C32H52O8. The van der Waals surface area contributed by atoms with Crippen LogP contribution in [0, 0.1) is 22.2 Å². The van der Waals surface area contributed by atoms with E-state index >= 15 is 0 Å². The Labute approximate surface area is 241 Å². The molecule has 8 heteroatoms. The Morgan fingerprint density at radius 2 is 1.30 bits per heavy atom. The lowest BCUT2D eigenvalue weighted by Gasteiger charge is -2.24. The van der Waals surface area contributed by atoms with E-state index in [4.69, 9.17) is 19.3 Å². The molecule has 0 aromatic heterocycles. The first-order chi connectivity index (χ1) is 18.5. The zero-order valence-electron chi connectivity index (χ0n) is 26.3. The van der Waals surface area contributed by atoms with Crippen LogP contribution in [0.2, 0.25) is 0 Å². The van der Waals surface area contributed by atoms with Gasteiger partial charge in [0.2, 0.25) is 0 Å². The predicted molar refractivity (Wildman–Crippen MR) is 155 cm³/mol. The minimum absolute atomic E-state index is 0.0613. The maximum Gasteiger partial charge on any atom is 0.316 e. The fourth-order valence-electron chi connectivity index (χ4n) is 3.50. The summed E-state index contributed by atoms with van der Waals surface area (Å²) in [6.45, 7) is 17.8. The quantitative estimate of drug-likeness (QED) is 0.197. The van der Waals surface area contributed by atoms with Crippen molar-refractivity contribution in [2.75, 3.05) is 13.7 Å². The van der Waals surface area contributed by atoms with Gasteiger partial charge in [0.25, 0.3) is 0 Å². The molecule has 1 heterocycles. The molecule has 40 heavy (non-hydrogen) atoms. The van der Waals surface area contributed by atoms with Crippen LogP contribution in [0.5, 0.6) is 11.5 Å². The van der Waals surface area contributed by atoms with Gasteiger partial charge in [0, 0.05) is 0 Å². The lowest BCUT2D eigenvalue weighted by molar-refractivity contribution is -0.156. The number of esters is 3. The van der Waals surface area contributed by atoms with E-state index in [9.17, 15) is 14.4 Å². The summed E-state index contributed by atoms with van der Waals surface area (Å²) < 4.78 is 20.6. The van der Waals surface area contributed by atoms with Crippen LogP contribution >= 0.6 is 0 Å². The molecule has 3 rings (SSSR count). The fraction of sp³-hybridized carbons (Fsp3) is 0.719. The molecule has 0 amide bonds. The molecule has 1 aliphatic carbocycles. The lowest BCUT2D eigenvalue weighted by atomic mass is 9.89. The van der Waals surface area contributed by atoms with Crippen molar-refractivity contribution in [1.29, 1.82) is 0 Å². The Bertz CT molecular complexity index is 948. The van der Waals surface area contributed by atoms with Crippen molar-refractivity contribution in [3.05, 3.63) is 24.3 Å². The van der Waals surface area contributed by atoms with Gasteiger partial charge in [-0.15, -0.1) is 0 Å². The average Bonchev–Trinajstić information content (AvgIpc) is 3.72. The van der Waals surface area contributed by atoms with E-state index in [1.165, 1.54) is 19.2 Å². The van der Waals surface area contributed by atoms with E-state index in [2.05, 4.69) is 4.74 Å². The highest BCUT2D eigenvalue weighted by Crippen LogP contribution is 2.39. The van der Waals surface area contributed by atoms with Gasteiger partial charge in [0.15, 0.2) is 0 Å². The SMILES string of the molecule is CCC(C)(C)C(=O)OC.CCC(C)(C)C(=O)OCC1CCC2OC2C1.CCC(C)(C)C(=O)Oc1ccc(O)cc1. The van der Waals surface area contributed by atoms with Gasteiger partial charge in [-0.3, -0.25) is 14.4 Å². The molecule has 1 aromatic carbocycles. The summed E-state index contributed by atoms with van der Waals surface area (Å²) >= 11 is 0. The number of carbonyl (C=O) groups is 3. The highest BCUT2D eigenvalue weighted by molar-refractivity contribution is 5.78. The molecule has 228 valence electrons. The molecule has 1 aromatic rings. The van der Waals surface area contributed by atoms with Gasteiger partial charge in [-0.1, -0.05) is 20.8 Å². The Morgan fingerprint density at radius 3 is 1.75 bits per heavy atom. The molecule has 1 N–H and O–H groups in total. The normalized spacial score (nSPS) is 19.9. The van der Waals surface area contributed by atoms with Crippen LogP contribution in [-0.2, 0) is 28.6 Å². The monoisotopic (exact) mass is 564 g/mol. The second kappa shape index (κ2) is 15.4. The van der Waals surface area contributed by atoms with Crippen LogP contribution in [-0.4, -0.2) is 48.9 Å². The zero-order chi connectivity index (χ0) is 30.7. The third-order valence-electron chi connectivity index (χ3n) is 8.10. The highest BCUT2D eigenvalue weighted by atomic mass is 16.6. The second-order valence-corrected chi connectivity index (χ2v) is 12.6. The largest absolute Gasteiger partial charge is 0.508 e. The topological polar surface area (TPSA) is 112 Å². The van der Waals surface area contributed by atoms with Crippen LogP contribution in [0.15, 0.2) is 24.3 Å². The van der Waals surface area contributed by atoms with Crippen LogP contribution in [0.3, 0.4) is 0 Å². The summed E-state index contributed by atoms with van der Waals surface area (Å²) in [7, 11) is 1.42. The molecule has 3 unspecified atom stereocenters. The van der Waals surface area contributed by atoms with Gasteiger partial charge >= 0.3 is 17.9 Å². The molecule has 0 radical (unpaired) electrons. The number of ether oxygens (including phenoxy) is 4. The number of epoxide rings is 1. The zero-order valence-corrected chi connectivity index (χ0v) is 26.3. The first-order valence-electron chi connectivity index (χ1n) is 14.4. The highest BCUT2D eigenvalue weighted by Gasteiger charge is 2.44. The van der Waals surface area contributed by atoms with Gasteiger partial charge in [0.1, 0.15) is 11.5 Å². The smallest absolute Gasteiger partial charge is 0.316 e. The van der Waals surface area contributed by atoms with Crippen molar-refractivity contribution in [2.45, 2.75) is 113 Å². The summed E-state index contributed by atoms with van der Waals surface area (Å²) in [5.74, 6) is 0.679. The summed E-state index contributed by atoms with van der Waals surface area (Å²) in [4.78, 5) is 34.3. The number of hydrogen-bond donors (Lipinski definition) is 1. The third-order valence-corrected chi connectivity index (χ3v) is 8.10. The molecule has 0 spiro atoms. The van der Waals surface area contributed by atoms with Crippen LogP contribution in [0.4, 0.5) is 0 Å². The third kappa shape index (κ3) is 11.5. The summed E-state index contributed by atoms with van der Waals surface area (Å²) in [6.07, 6.45) is 6.72. The van der Waals surface area contributed by atoms with E-state index in [1.54, 1.807) is 12.1 Å². The van der Waals surface area contributed by atoms with Crippen molar-refractivity contribution in [3.63, 3.8) is 0 Å². The van der Waals surface area contributed by atoms with Crippen molar-refractivity contribution in [1.82, 2.24) is 0 Å².